The highest BCUT2D eigenvalue weighted by atomic mass is 16.4. The van der Waals surface area contributed by atoms with E-state index in [1.165, 1.54) is 6.08 Å². The summed E-state index contributed by atoms with van der Waals surface area (Å²) in [5.74, 6) is -1.34. The van der Waals surface area contributed by atoms with Crippen LogP contribution in [0.25, 0.3) is 6.08 Å². The van der Waals surface area contributed by atoms with Crippen LogP contribution < -0.4 is 11.1 Å². The average Bonchev–Trinajstić information content (AvgIpc) is 2.88. The van der Waals surface area contributed by atoms with E-state index in [-0.39, 0.29) is 5.91 Å². The van der Waals surface area contributed by atoms with Gasteiger partial charge in [0.2, 0.25) is 5.91 Å². The molecule has 106 valence electrons. The zero-order chi connectivity index (χ0) is 14.6. The molecule has 4 N–H and O–H groups in total. The lowest BCUT2D eigenvalue weighted by Gasteiger charge is -2.24. The standard InChI is InChI=1S/C15H18N2O3/c16-12-6-3-11(4-7-12)5-8-13(18)17-15(14(19)20)9-1-2-10-15/h3-8H,1-2,9-10,16H2,(H,17,18)(H,19,20)/b8-5+. The van der Waals surface area contributed by atoms with Crippen LogP contribution in [0.2, 0.25) is 0 Å². The number of nitrogens with two attached hydrogens (primary N) is 1. The lowest BCUT2D eigenvalue weighted by atomic mass is 9.98. The molecule has 5 nitrogen and oxygen atoms in total. The Morgan fingerprint density at radius 3 is 2.35 bits per heavy atom. The van der Waals surface area contributed by atoms with E-state index in [0.29, 0.717) is 18.5 Å². The molecule has 2 rings (SSSR count). The van der Waals surface area contributed by atoms with E-state index >= 15 is 0 Å². The van der Waals surface area contributed by atoms with Gasteiger partial charge in [0, 0.05) is 11.8 Å². The van der Waals surface area contributed by atoms with Gasteiger partial charge in [-0.3, -0.25) is 4.79 Å². The first-order valence-electron chi connectivity index (χ1n) is 6.61. The molecule has 1 aliphatic carbocycles. The average molecular weight is 274 g/mol. The highest BCUT2D eigenvalue weighted by Gasteiger charge is 2.42. The van der Waals surface area contributed by atoms with Crippen LogP contribution >= 0.6 is 0 Å². The Labute approximate surface area is 117 Å². The van der Waals surface area contributed by atoms with Crippen LogP contribution in [0.5, 0.6) is 0 Å². The Hall–Kier alpha value is -2.30. The number of rotatable bonds is 4. The van der Waals surface area contributed by atoms with Gasteiger partial charge in [0.1, 0.15) is 5.54 Å². The molecule has 20 heavy (non-hydrogen) atoms. The summed E-state index contributed by atoms with van der Waals surface area (Å²) in [7, 11) is 0. The number of carboxylic acid groups (broad SMARTS) is 1. The molecule has 1 saturated carbocycles. The van der Waals surface area contributed by atoms with E-state index < -0.39 is 11.5 Å². The van der Waals surface area contributed by atoms with Gasteiger partial charge in [0.25, 0.3) is 0 Å². The molecule has 1 fully saturated rings. The second kappa shape index (κ2) is 5.77. The van der Waals surface area contributed by atoms with E-state index in [1.807, 2.05) is 0 Å². The molecule has 0 aliphatic heterocycles. The third-order valence-electron chi connectivity index (χ3n) is 3.59. The number of hydrogen-bond acceptors (Lipinski definition) is 3. The van der Waals surface area contributed by atoms with Crippen molar-refractivity contribution < 1.29 is 14.7 Å². The van der Waals surface area contributed by atoms with Crippen LogP contribution in [-0.2, 0) is 9.59 Å². The Balaban J connectivity index is 2.01. The third-order valence-corrected chi connectivity index (χ3v) is 3.59. The lowest BCUT2D eigenvalue weighted by Crippen LogP contribution is -2.52. The molecule has 1 aromatic carbocycles. The van der Waals surface area contributed by atoms with E-state index in [0.717, 1.165) is 18.4 Å². The predicted octanol–water partition coefficient (Wildman–Crippen LogP) is 1.80. The molecule has 0 unspecified atom stereocenters. The predicted molar refractivity (Wildman–Crippen MR) is 76.9 cm³/mol. The Morgan fingerprint density at radius 1 is 1.20 bits per heavy atom. The molecule has 0 atom stereocenters. The normalized spacial score (nSPS) is 17.2. The Morgan fingerprint density at radius 2 is 1.80 bits per heavy atom. The number of anilines is 1. The van der Waals surface area contributed by atoms with Crippen LogP contribution in [0.3, 0.4) is 0 Å². The first kappa shape index (κ1) is 14.1. The highest BCUT2D eigenvalue weighted by molar-refractivity contribution is 5.96. The second-order valence-electron chi connectivity index (χ2n) is 5.08. The zero-order valence-corrected chi connectivity index (χ0v) is 11.1. The van der Waals surface area contributed by atoms with Crippen molar-refractivity contribution in [1.82, 2.24) is 5.32 Å². The summed E-state index contributed by atoms with van der Waals surface area (Å²) in [5, 5.41) is 11.9. The topological polar surface area (TPSA) is 92.4 Å². The molecule has 0 aromatic heterocycles. The summed E-state index contributed by atoms with van der Waals surface area (Å²) in [4.78, 5) is 23.2. The van der Waals surface area contributed by atoms with Crippen molar-refractivity contribution in [1.29, 1.82) is 0 Å². The molecule has 0 radical (unpaired) electrons. The highest BCUT2D eigenvalue weighted by Crippen LogP contribution is 2.29. The number of benzene rings is 1. The van der Waals surface area contributed by atoms with Gasteiger partial charge >= 0.3 is 5.97 Å². The van der Waals surface area contributed by atoms with Gasteiger partial charge in [-0.25, -0.2) is 4.79 Å². The zero-order valence-electron chi connectivity index (χ0n) is 11.1. The van der Waals surface area contributed by atoms with Gasteiger partial charge in [-0.05, 0) is 36.6 Å². The number of hydrogen-bond donors (Lipinski definition) is 3. The summed E-state index contributed by atoms with van der Waals surface area (Å²) in [6.45, 7) is 0. The number of carboxylic acids is 1. The van der Waals surface area contributed by atoms with Gasteiger partial charge in [0.05, 0.1) is 0 Å². The molecular weight excluding hydrogens is 256 g/mol. The third kappa shape index (κ3) is 3.17. The summed E-state index contributed by atoms with van der Waals surface area (Å²) in [5.41, 5.74) is 5.97. The Kier molecular flexibility index (Phi) is 4.08. The maximum Gasteiger partial charge on any atom is 0.329 e. The fourth-order valence-corrected chi connectivity index (χ4v) is 2.43. The van der Waals surface area contributed by atoms with E-state index in [1.54, 1.807) is 30.3 Å². The SMILES string of the molecule is Nc1ccc(/C=C/C(=O)NC2(C(=O)O)CCCC2)cc1. The van der Waals surface area contributed by atoms with Crippen LogP contribution in [-0.4, -0.2) is 22.5 Å². The molecular formula is C15H18N2O3. The maximum absolute atomic E-state index is 11.9. The maximum atomic E-state index is 11.9. The smallest absolute Gasteiger partial charge is 0.329 e. The number of amides is 1. The molecule has 0 spiro atoms. The molecule has 0 heterocycles. The van der Waals surface area contributed by atoms with E-state index in [4.69, 9.17) is 5.73 Å². The number of carbonyl (C=O) groups excluding carboxylic acids is 1. The minimum absolute atomic E-state index is 0.383. The van der Waals surface area contributed by atoms with Crippen LogP contribution in [0.15, 0.2) is 30.3 Å². The van der Waals surface area contributed by atoms with Gasteiger partial charge < -0.3 is 16.2 Å². The summed E-state index contributed by atoms with van der Waals surface area (Å²) >= 11 is 0. The number of carbonyl (C=O) groups is 2. The Bertz CT molecular complexity index is 529. The molecule has 1 aromatic rings. The number of nitrogens with one attached hydrogen (secondary N) is 1. The molecule has 0 saturated heterocycles. The molecule has 5 heteroatoms. The molecule has 1 amide bonds. The summed E-state index contributed by atoms with van der Waals surface area (Å²) in [6, 6.07) is 7.07. The van der Waals surface area contributed by atoms with Gasteiger partial charge in [-0.15, -0.1) is 0 Å². The largest absolute Gasteiger partial charge is 0.480 e. The molecule has 0 bridgehead atoms. The number of aliphatic carboxylic acids is 1. The van der Waals surface area contributed by atoms with Crippen LogP contribution in [0, 0.1) is 0 Å². The van der Waals surface area contributed by atoms with Crippen molar-refractivity contribution in [3.63, 3.8) is 0 Å². The van der Waals surface area contributed by atoms with Gasteiger partial charge in [-0.2, -0.15) is 0 Å². The molecule has 1 aliphatic rings. The van der Waals surface area contributed by atoms with Crippen molar-refractivity contribution in [3.8, 4) is 0 Å². The minimum Gasteiger partial charge on any atom is -0.480 e. The van der Waals surface area contributed by atoms with E-state index in [2.05, 4.69) is 5.32 Å². The van der Waals surface area contributed by atoms with Crippen molar-refractivity contribution in [2.75, 3.05) is 5.73 Å². The van der Waals surface area contributed by atoms with Crippen molar-refractivity contribution in [2.45, 2.75) is 31.2 Å². The summed E-state index contributed by atoms with van der Waals surface area (Å²) in [6.07, 6.45) is 5.63. The monoisotopic (exact) mass is 274 g/mol. The van der Waals surface area contributed by atoms with Gasteiger partial charge in [-0.1, -0.05) is 25.0 Å². The first-order valence-corrected chi connectivity index (χ1v) is 6.61. The fourth-order valence-electron chi connectivity index (χ4n) is 2.43. The lowest BCUT2D eigenvalue weighted by molar-refractivity contribution is -0.146. The fraction of sp³-hybridized carbons (Fsp3) is 0.333. The minimum atomic E-state index is -1.09. The van der Waals surface area contributed by atoms with Gasteiger partial charge in [0.15, 0.2) is 0 Å². The van der Waals surface area contributed by atoms with E-state index in [9.17, 15) is 14.7 Å². The van der Waals surface area contributed by atoms with Crippen molar-refractivity contribution >= 4 is 23.6 Å². The van der Waals surface area contributed by atoms with Crippen LogP contribution in [0.1, 0.15) is 31.2 Å². The second-order valence-corrected chi connectivity index (χ2v) is 5.08. The quantitative estimate of drug-likeness (QED) is 0.576. The van der Waals surface area contributed by atoms with Crippen LogP contribution in [0.4, 0.5) is 5.69 Å². The number of nitrogen functional groups attached to an aromatic ring is 1. The van der Waals surface area contributed by atoms with Crippen molar-refractivity contribution in [3.05, 3.63) is 35.9 Å². The van der Waals surface area contributed by atoms with Crippen molar-refractivity contribution in [2.24, 2.45) is 0 Å². The summed E-state index contributed by atoms with van der Waals surface area (Å²) < 4.78 is 0. The first-order chi connectivity index (χ1) is 9.52.